The van der Waals surface area contributed by atoms with E-state index in [2.05, 4.69) is 18.9 Å². The number of hydrogen-bond donors (Lipinski definition) is 1. The summed E-state index contributed by atoms with van der Waals surface area (Å²) < 4.78 is 1.94. The lowest BCUT2D eigenvalue weighted by molar-refractivity contribution is 0.505. The minimum atomic E-state index is 0.118. The van der Waals surface area contributed by atoms with Crippen molar-refractivity contribution in [3.8, 4) is 0 Å². The number of nitrogen functional groups attached to an aromatic ring is 1. The second-order valence-corrected chi connectivity index (χ2v) is 6.54. The minimum Gasteiger partial charge on any atom is -0.382 e. The molecule has 2 aromatic rings. The highest BCUT2D eigenvalue weighted by atomic mass is 35.5. The summed E-state index contributed by atoms with van der Waals surface area (Å²) in [7, 11) is 0. The number of hydrogen-bond acceptors (Lipinski definition) is 2. The average molecular weight is 296 g/mol. The largest absolute Gasteiger partial charge is 0.382 e. The molecule has 19 heavy (non-hydrogen) atoms. The van der Waals surface area contributed by atoms with Crippen molar-refractivity contribution in [2.75, 3.05) is 5.73 Å². The Morgan fingerprint density at radius 1 is 1.21 bits per heavy atom. The van der Waals surface area contributed by atoms with Crippen molar-refractivity contribution in [2.24, 2.45) is 5.41 Å². The van der Waals surface area contributed by atoms with Crippen LogP contribution in [-0.2, 0) is 0 Å². The summed E-state index contributed by atoms with van der Waals surface area (Å²) in [6, 6.07) is 7.82. The van der Waals surface area contributed by atoms with Crippen LogP contribution < -0.4 is 5.73 Å². The summed E-state index contributed by atoms with van der Waals surface area (Å²) in [6.45, 7) is 4.43. The molecule has 1 heterocycles. The van der Waals surface area contributed by atoms with E-state index in [0.717, 1.165) is 5.56 Å². The van der Waals surface area contributed by atoms with Crippen molar-refractivity contribution in [2.45, 2.75) is 25.8 Å². The van der Waals surface area contributed by atoms with E-state index in [9.17, 15) is 0 Å². The Morgan fingerprint density at radius 3 is 2.37 bits per heavy atom. The van der Waals surface area contributed by atoms with Crippen LogP contribution in [0.2, 0.25) is 10.0 Å². The molecule has 3 nitrogen and oxygen atoms in total. The van der Waals surface area contributed by atoms with Crippen molar-refractivity contribution in [3.05, 3.63) is 46.1 Å². The molecule has 0 spiro atoms. The fourth-order valence-electron chi connectivity index (χ4n) is 2.98. The molecule has 2 atom stereocenters. The zero-order valence-corrected chi connectivity index (χ0v) is 12.3. The molecular weight excluding hydrogens is 281 g/mol. The molecule has 5 heteroatoms. The van der Waals surface area contributed by atoms with Crippen LogP contribution in [0.3, 0.4) is 0 Å². The van der Waals surface area contributed by atoms with Gasteiger partial charge in [-0.05, 0) is 35.2 Å². The van der Waals surface area contributed by atoms with Crippen LogP contribution in [0.25, 0.3) is 0 Å². The lowest BCUT2D eigenvalue weighted by atomic mass is 10.0. The maximum absolute atomic E-state index is 6.09. The monoisotopic (exact) mass is 295 g/mol. The summed E-state index contributed by atoms with van der Waals surface area (Å²) in [6.07, 6.45) is 1.92. The van der Waals surface area contributed by atoms with Crippen LogP contribution in [-0.4, -0.2) is 9.78 Å². The summed E-state index contributed by atoms with van der Waals surface area (Å²) in [5, 5.41) is 5.66. The molecule has 0 saturated heterocycles. The van der Waals surface area contributed by atoms with E-state index in [0.29, 0.717) is 27.8 Å². The Hall–Kier alpha value is -1.19. The Kier molecular flexibility index (Phi) is 2.80. The predicted octanol–water partition coefficient (Wildman–Crippen LogP) is 4.14. The van der Waals surface area contributed by atoms with Gasteiger partial charge < -0.3 is 5.73 Å². The predicted molar refractivity (Wildman–Crippen MR) is 78.7 cm³/mol. The van der Waals surface area contributed by atoms with Gasteiger partial charge in [0.2, 0.25) is 0 Å². The fraction of sp³-hybridized carbons (Fsp3) is 0.357. The average Bonchev–Trinajstić information content (AvgIpc) is 2.63. The van der Waals surface area contributed by atoms with Crippen molar-refractivity contribution in [1.29, 1.82) is 0 Å². The van der Waals surface area contributed by atoms with Gasteiger partial charge in [0, 0.05) is 22.2 Å². The maximum Gasteiger partial charge on any atom is 0.145 e. The van der Waals surface area contributed by atoms with E-state index in [1.807, 2.05) is 29.1 Å². The van der Waals surface area contributed by atoms with E-state index in [1.54, 1.807) is 6.07 Å². The van der Waals surface area contributed by atoms with E-state index in [1.165, 1.54) is 0 Å². The highest BCUT2D eigenvalue weighted by Crippen LogP contribution is 2.67. The van der Waals surface area contributed by atoms with Crippen LogP contribution in [0.1, 0.15) is 31.4 Å². The van der Waals surface area contributed by atoms with Crippen LogP contribution >= 0.6 is 23.2 Å². The van der Waals surface area contributed by atoms with Gasteiger partial charge in [-0.15, -0.1) is 0 Å². The van der Waals surface area contributed by atoms with E-state index >= 15 is 0 Å². The summed E-state index contributed by atoms with van der Waals surface area (Å²) >= 11 is 12.2. The number of halogens is 2. The van der Waals surface area contributed by atoms with E-state index in [4.69, 9.17) is 28.9 Å². The first-order valence-corrected chi connectivity index (χ1v) is 6.92. The molecule has 1 aliphatic rings. The number of nitrogens with zero attached hydrogens (tertiary/aromatic N) is 2. The lowest BCUT2D eigenvalue weighted by Gasteiger charge is -2.03. The highest BCUT2D eigenvalue weighted by Gasteiger charge is 2.60. The van der Waals surface area contributed by atoms with Gasteiger partial charge in [-0.2, -0.15) is 5.10 Å². The Bertz CT molecular complexity index is 613. The quantitative estimate of drug-likeness (QED) is 0.905. The number of anilines is 1. The normalized spacial score (nSPS) is 24.4. The third kappa shape index (κ3) is 2.11. The Morgan fingerprint density at radius 2 is 1.84 bits per heavy atom. The molecule has 0 radical (unpaired) electrons. The van der Waals surface area contributed by atoms with Gasteiger partial charge in [-0.25, -0.2) is 0 Å². The molecule has 2 N–H and O–H groups in total. The lowest BCUT2D eigenvalue weighted by Crippen LogP contribution is -2.01. The summed E-state index contributed by atoms with van der Waals surface area (Å²) in [4.78, 5) is 0. The van der Waals surface area contributed by atoms with Crippen LogP contribution in [0, 0.1) is 5.41 Å². The van der Waals surface area contributed by atoms with E-state index < -0.39 is 0 Å². The molecule has 1 aromatic carbocycles. The van der Waals surface area contributed by atoms with Gasteiger partial charge in [-0.3, -0.25) is 4.68 Å². The summed E-state index contributed by atoms with van der Waals surface area (Å²) in [5.74, 6) is 0.897. The van der Waals surface area contributed by atoms with Crippen LogP contribution in [0.5, 0.6) is 0 Å². The van der Waals surface area contributed by atoms with E-state index in [-0.39, 0.29) is 5.41 Å². The van der Waals surface area contributed by atoms with Crippen LogP contribution in [0.4, 0.5) is 5.82 Å². The number of rotatable bonds is 2. The zero-order chi connectivity index (χ0) is 13.8. The molecule has 0 unspecified atom stereocenters. The second kappa shape index (κ2) is 4.15. The van der Waals surface area contributed by atoms with Crippen molar-refractivity contribution in [3.63, 3.8) is 0 Å². The number of aromatic nitrogens is 2. The maximum atomic E-state index is 6.09. The molecule has 1 aliphatic carbocycles. The van der Waals surface area contributed by atoms with Gasteiger partial charge >= 0.3 is 0 Å². The third-order valence-electron chi connectivity index (χ3n) is 3.93. The van der Waals surface area contributed by atoms with Gasteiger partial charge in [-0.1, -0.05) is 37.0 Å². The number of nitrogens with two attached hydrogens (primary N) is 1. The molecule has 0 aliphatic heterocycles. The molecule has 3 rings (SSSR count). The van der Waals surface area contributed by atoms with Gasteiger partial charge in [0.25, 0.3) is 0 Å². The first-order chi connectivity index (χ1) is 8.89. The molecular formula is C14H15Cl2N3. The second-order valence-electron chi connectivity index (χ2n) is 5.67. The SMILES string of the molecule is CC1(C)[C@H](c2cc(Cl)cc(Cl)c2)[C@H]1n1ccc(N)n1. The smallest absolute Gasteiger partial charge is 0.145 e. The zero-order valence-electron chi connectivity index (χ0n) is 10.8. The number of benzene rings is 1. The topological polar surface area (TPSA) is 43.8 Å². The molecule has 1 fully saturated rings. The minimum absolute atomic E-state index is 0.118. The van der Waals surface area contributed by atoms with Crippen LogP contribution in [0.15, 0.2) is 30.5 Å². The Balaban J connectivity index is 1.98. The molecule has 100 valence electrons. The fourth-order valence-corrected chi connectivity index (χ4v) is 3.52. The standard InChI is InChI=1S/C14H15Cl2N3/c1-14(2)12(8-5-9(15)7-10(16)6-8)13(14)19-4-3-11(17)18-19/h3-7,12-13H,1-2H3,(H2,17,18)/t12-,13-/m1/s1. The van der Waals surface area contributed by atoms with Gasteiger partial charge in [0.05, 0.1) is 6.04 Å². The summed E-state index contributed by atoms with van der Waals surface area (Å²) in [5.41, 5.74) is 6.96. The van der Waals surface area contributed by atoms with Crippen molar-refractivity contribution in [1.82, 2.24) is 9.78 Å². The van der Waals surface area contributed by atoms with Crippen molar-refractivity contribution >= 4 is 29.0 Å². The highest BCUT2D eigenvalue weighted by molar-refractivity contribution is 6.34. The van der Waals surface area contributed by atoms with Crippen molar-refractivity contribution < 1.29 is 0 Å². The molecule has 0 amide bonds. The molecule has 0 bridgehead atoms. The first kappa shape index (κ1) is 12.8. The third-order valence-corrected chi connectivity index (χ3v) is 4.36. The first-order valence-electron chi connectivity index (χ1n) is 6.16. The van der Waals surface area contributed by atoms with Gasteiger partial charge in [0.15, 0.2) is 0 Å². The Labute approximate surface area is 122 Å². The molecule has 1 aromatic heterocycles. The molecule has 1 saturated carbocycles. The van der Waals surface area contributed by atoms with Gasteiger partial charge in [0.1, 0.15) is 5.82 Å².